The standard InChI is InChI=1S/C19H20BrN5O4S2/c1-3-31(26,27)25-17-16(13-4-6-14(20)7-5-13)18(24-12-23-17)28-8-9-29-19-21-10-15(30-2)11-22-19/h4-7,10-12H,3,8-9H2,1-2H3,(H,23,24,25). The molecule has 1 aromatic carbocycles. The van der Waals surface area contributed by atoms with E-state index in [-0.39, 0.29) is 36.7 Å². The van der Waals surface area contributed by atoms with E-state index in [1.807, 2.05) is 30.5 Å². The van der Waals surface area contributed by atoms with Crippen LogP contribution in [0.25, 0.3) is 11.1 Å². The van der Waals surface area contributed by atoms with E-state index in [4.69, 9.17) is 9.47 Å². The number of hydrogen-bond donors (Lipinski definition) is 1. The fourth-order valence-corrected chi connectivity index (χ4v) is 3.58. The number of aromatic nitrogens is 4. The molecule has 2 heterocycles. The van der Waals surface area contributed by atoms with Gasteiger partial charge >= 0.3 is 6.01 Å². The molecule has 1 N–H and O–H groups in total. The Morgan fingerprint density at radius 2 is 1.71 bits per heavy atom. The van der Waals surface area contributed by atoms with Crippen LogP contribution in [0.4, 0.5) is 5.82 Å². The van der Waals surface area contributed by atoms with Crippen molar-refractivity contribution in [3.63, 3.8) is 0 Å². The highest BCUT2D eigenvalue weighted by atomic mass is 79.9. The Kier molecular flexibility index (Phi) is 8.04. The van der Waals surface area contributed by atoms with E-state index >= 15 is 0 Å². The van der Waals surface area contributed by atoms with Crippen LogP contribution in [0, 0.1) is 0 Å². The molecule has 0 unspecified atom stereocenters. The lowest BCUT2D eigenvalue weighted by Gasteiger charge is -2.15. The molecule has 0 spiro atoms. The monoisotopic (exact) mass is 525 g/mol. The van der Waals surface area contributed by atoms with Gasteiger partial charge in [0.2, 0.25) is 15.9 Å². The molecule has 3 rings (SSSR count). The smallest absolute Gasteiger partial charge is 0.316 e. The van der Waals surface area contributed by atoms with Crippen molar-refractivity contribution in [3.05, 3.63) is 47.5 Å². The maximum atomic E-state index is 12.1. The normalized spacial score (nSPS) is 11.2. The number of halogens is 1. The topological polar surface area (TPSA) is 116 Å². The molecule has 0 saturated heterocycles. The van der Waals surface area contributed by atoms with Gasteiger partial charge in [0.25, 0.3) is 0 Å². The number of anilines is 1. The third kappa shape index (κ3) is 6.52. The Labute approximate surface area is 193 Å². The molecule has 0 atom stereocenters. The lowest BCUT2D eigenvalue weighted by molar-refractivity contribution is 0.201. The van der Waals surface area contributed by atoms with Crippen LogP contribution in [0.1, 0.15) is 6.92 Å². The number of nitrogens with one attached hydrogen (secondary N) is 1. The average molecular weight is 526 g/mol. The van der Waals surface area contributed by atoms with Crippen molar-refractivity contribution in [2.24, 2.45) is 0 Å². The number of thioether (sulfide) groups is 1. The maximum absolute atomic E-state index is 12.1. The molecular formula is C19H20BrN5O4S2. The van der Waals surface area contributed by atoms with Gasteiger partial charge in [0.05, 0.1) is 11.3 Å². The summed E-state index contributed by atoms with van der Waals surface area (Å²) >= 11 is 4.93. The molecule has 0 bridgehead atoms. The lowest BCUT2D eigenvalue weighted by Crippen LogP contribution is -2.17. The molecule has 164 valence electrons. The molecular weight excluding hydrogens is 506 g/mol. The molecule has 0 aliphatic heterocycles. The third-order valence-corrected chi connectivity index (χ3v) is 6.45. The van der Waals surface area contributed by atoms with Gasteiger partial charge in [-0.2, -0.15) is 0 Å². The highest BCUT2D eigenvalue weighted by Crippen LogP contribution is 2.35. The number of nitrogens with zero attached hydrogens (tertiary/aromatic N) is 4. The van der Waals surface area contributed by atoms with Crippen molar-refractivity contribution in [1.29, 1.82) is 0 Å². The van der Waals surface area contributed by atoms with Crippen molar-refractivity contribution >= 4 is 43.5 Å². The van der Waals surface area contributed by atoms with Gasteiger partial charge in [-0.1, -0.05) is 28.1 Å². The Bertz CT molecular complexity index is 1110. The van der Waals surface area contributed by atoms with Crippen molar-refractivity contribution in [1.82, 2.24) is 19.9 Å². The summed E-state index contributed by atoms with van der Waals surface area (Å²) in [7, 11) is -3.54. The van der Waals surface area contributed by atoms with Crippen molar-refractivity contribution < 1.29 is 17.9 Å². The fourth-order valence-electron chi connectivity index (χ4n) is 2.41. The number of benzene rings is 1. The molecule has 0 aliphatic carbocycles. The van der Waals surface area contributed by atoms with Gasteiger partial charge in [0.1, 0.15) is 19.5 Å². The zero-order chi connectivity index (χ0) is 22.3. The zero-order valence-corrected chi connectivity index (χ0v) is 20.0. The lowest BCUT2D eigenvalue weighted by atomic mass is 10.1. The van der Waals surface area contributed by atoms with Crippen LogP contribution in [0.15, 0.2) is 52.4 Å². The summed E-state index contributed by atoms with van der Waals surface area (Å²) in [6.07, 6.45) is 6.54. The van der Waals surface area contributed by atoms with Crippen molar-refractivity contribution in [3.8, 4) is 23.0 Å². The first-order valence-electron chi connectivity index (χ1n) is 9.15. The van der Waals surface area contributed by atoms with E-state index in [0.717, 1.165) is 9.37 Å². The van der Waals surface area contributed by atoms with Gasteiger partial charge in [-0.25, -0.2) is 28.4 Å². The molecule has 9 nitrogen and oxygen atoms in total. The van der Waals surface area contributed by atoms with Crippen LogP contribution < -0.4 is 14.2 Å². The molecule has 12 heteroatoms. The van der Waals surface area contributed by atoms with Crippen molar-refractivity contribution in [2.45, 2.75) is 11.8 Å². The Balaban J connectivity index is 1.79. The van der Waals surface area contributed by atoms with Crippen LogP contribution in [-0.2, 0) is 10.0 Å². The van der Waals surface area contributed by atoms with Crippen LogP contribution in [0.5, 0.6) is 11.9 Å². The molecule has 0 amide bonds. The molecule has 31 heavy (non-hydrogen) atoms. The Hall–Kier alpha value is -2.44. The molecule has 0 radical (unpaired) electrons. The van der Waals surface area contributed by atoms with Crippen LogP contribution in [-0.4, -0.2) is 53.6 Å². The number of rotatable bonds is 10. The summed E-state index contributed by atoms with van der Waals surface area (Å²) in [6, 6.07) is 7.55. The van der Waals surface area contributed by atoms with E-state index in [2.05, 4.69) is 40.6 Å². The van der Waals surface area contributed by atoms with Crippen LogP contribution in [0.2, 0.25) is 0 Å². The Morgan fingerprint density at radius 3 is 2.35 bits per heavy atom. The molecule has 0 fully saturated rings. The largest absolute Gasteiger partial charge is 0.473 e. The number of hydrogen-bond acceptors (Lipinski definition) is 9. The highest BCUT2D eigenvalue weighted by Gasteiger charge is 2.19. The van der Waals surface area contributed by atoms with Crippen LogP contribution >= 0.6 is 27.7 Å². The predicted octanol–water partition coefficient (Wildman–Crippen LogP) is 3.64. The second kappa shape index (κ2) is 10.7. The summed E-state index contributed by atoms with van der Waals surface area (Å²) in [5.74, 6) is 0.287. The van der Waals surface area contributed by atoms with Gasteiger partial charge in [-0.05, 0) is 30.9 Å². The first kappa shape index (κ1) is 23.2. The number of ether oxygens (including phenoxy) is 2. The van der Waals surface area contributed by atoms with Gasteiger partial charge in [-0.15, -0.1) is 11.8 Å². The van der Waals surface area contributed by atoms with Gasteiger partial charge in [-0.3, -0.25) is 4.72 Å². The summed E-state index contributed by atoms with van der Waals surface area (Å²) in [5.41, 5.74) is 1.14. The maximum Gasteiger partial charge on any atom is 0.316 e. The minimum Gasteiger partial charge on any atom is -0.473 e. The van der Waals surface area contributed by atoms with Gasteiger partial charge < -0.3 is 9.47 Å². The predicted molar refractivity (Wildman–Crippen MR) is 123 cm³/mol. The summed E-state index contributed by atoms with van der Waals surface area (Å²) < 4.78 is 38.9. The molecule has 0 saturated carbocycles. The van der Waals surface area contributed by atoms with Crippen LogP contribution in [0.3, 0.4) is 0 Å². The molecule has 3 aromatic rings. The number of sulfonamides is 1. The van der Waals surface area contributed by atoms with E-state index in [0.29, 0.717) is 11.1 Å². The van der Waals surface area contributed by atoms with E-state index in [1.54, 1.807) is 19.3 Å². The third-order valence-electron chi connectivity index (χ3n) is 3.97. The average Bonchev–Trinajstić information content (AvgIpc) is 2.78. The minimum atomic E-state index is -3.54. The first-order valence-corrected chi connectivity index (χ1v) is 12.8. The van der Waals surface area contributed by atoms with E-state index in [1.165, 1.54) is 18.1 Å². The van der Waals surface area contributed by atoms with E-state index < -0.39 is 10.0 Å². The quantitative estimate of drug-likeness (QED) is 0.312. The second-order valence-electron chi connectivity index (χ2n) is 6.02. The van der Waals surface area contributed by atoms with Crippen molar-refractivity contribution in [2.75, 3.05) is 29.9 Å². The zero-order valence-electron chi connectivity index (χ0n) is 16.8. The highest BCUT2D eigenvalue weighted by molar-refractivity contribution is 9.10. The summed E-state index contributed by atoms with van der Waals surface area (Å²) in [6.45, 7) is 1.87. The summed E-state index contributed by atoms with van der Waals surface area (Å²) in [5, 5.41) is 0. The van der Waals surface area contributed by atoms with Gasteiger partial charge in [0, 0.05) is 21.8 Å². The van der Waals surface area contributed by atoms with E-state index in [9.17, 15) is 8.42 Å². The SMILES string of the molecule is CCS(=O)(=O)Nc1ncnc(OCCOc2ncc(SC)cn2)c1-c1ccc(Br)cc1. The Morgan fingerprint density at radius 1 is 1.03 bits per heavy atom. The fraction of sp³-hybridized carbons (Fsp3) is 0.263. The first-order chi connectivity index (χ1) is 14.9. The minimum absolute atomic E-state index is 0.0872. The van der Waals surface area contributed by atoms with Gasteiger partial charge in [0.15, 0.2) is 5.82 Å². The molecule has 0 aliphatic rings. The second-order valence-corrected chi connectivity index (χ2v) is 9.82. The summed E-state index contributed by atoms with van der Waals surface area (Å²) in [4.78, 5) is 17.5. The molecule has 2 aromatic heterocycles.